The average molecular weight is 491 g/mol. The number of urea groups is 1. The number of hydrogen-bond donors (Lipinski definition) is 1. The molecule has 0 aliphatic carbocycles. The molecule has 2 aliphatic heterocycles. The SMILES string of the molecule is CCOc1ccc(-c2noc(C3=C(C)N(CC4CCCO4)C(=O)NC3c3ccc(OC)cc3)n2)cc1. The molecule has 0 saturated carbocycles. The van der Waals surface area contributed by atoms with Crippen molar-refractivity contribution in [1.82, 2.24) is 20.4 Å². The number of carbonyl (C=O) groups is 1. The summed E-state index contributed by atoms with van der Waals surface area (Å²) in [5.41, 5.74) is 3.21. The molecule has 1 saturated heterocycles. The van der Waals surface area contributed by atoms with Crippen molar-refractivity contribution in [3.8, 4) is 22.9 Å². The summed E-state index contributed by atoms with van der Waals surface area (Å²) in [6, 6.07) is 14.5. The second-order valence-corrected chi connectivity index (χ2v) is 8.78. The molecule has 2 atom stereocenters. The number of carbonyl (C=O) groups excluding carboxylic acids is 1. The van der Waals surface area contributed by atoms with Crippen LogP contribution in [0.3, 0.4) is 0 Å². The van der Waals surface area contributed by atoms with Crippen molar-refractivity contribution >= 4 is 11.6 Å². The lowest BCUT2D eigenvalue weighted by molar-refractivity contribution is 0.0877. The molecule has 3 aromatic rings. The van der Waals surface area contributed by atoms with Gasteiger partial charge in [-0.2, -0.15) is 4.98 Å². The zero-order valence-electron chi connectivity index (χ0n) is 20.7. The Bertz CT molecular complexity index is 1230. The van der Waals surface area contributed by atoms with Crippen LogP contribution in [0.25, 0.3) is 17.0 Å². The van der Waals surface area contributed by atoms with Gasteiger partial charge < -0.3 is 24.1 Å². The first-order chi connectivity index (χ1) is 17.6. The van der Waals surface area contributed by atoms with Crippen LogP contribution in [-0.2, 0) is 4.74 Å². The number of nitrogens with zero attached hydrogens (tertiary/aromatic N) is 3. The predicted molar refractivity (Wildman–Crippen MR) is 133 cm³/mol. The van der Waals surface area contributed by atoms with Gasteiger partial charge in [0.05, 0.1) is 38.0 Å². The summed E-state index contributed by atoms with van der Waals surface area (Å²) < 4.78 is 22.4. The lowest BCUT2D eigenvalue weighted by atomic mass is 9.94. The first-order valence-electron chi connectivity index (χ1n) is 12.2. The van der Waals surface area contributed by atoms with E-state index in [1.165, 1.54) is 0 Å². The monoisotopic (exact) mass is 490 g/mol. The molecule has 36 heavy (non-hydrogen) atoms. The van der Waals surface area contributed by atoms with Gasteiger partial charge in [0.25, 0.3) is 5.89 Å². The minimum atomic E-state index is -0.460. The van der Waals surface area contributed by atoms with Gasteiger partial charge in [-0.05, 0) is 68.7 Å². The molecule has 3 heterocycles. The van der Waals surface area contributed by atoms with Gasteiger partial charge >= 0.3 is 6.03 Å². The Hall–Kier alpha value is -3.85. The molecular formula is C27H30N4O5. The molecule has 2 amide bonds. The van der Waals surface area contributed by atoms with Crippen molar-refractivity contribution in [3.63, 3.8) is 0 Å². The van der Waals surface area contributed by atoms with Gasteiger partial charge in [0.2, 0.25) is 5.82 Å². The maximum Gasteiger partial charge on any atom is 0.322 e. The molecule has 2 aliphatic rings. The number of ether oxygens (including phenoxy) is 3. The normalized spacial score (nSPS) is 20.0. The molecular weight excluding hydrogens is 460 g/mol. The molecule has 9 nitrogen and oxygen atoms in total. The van der Waals surface area contributed by atoms with E-state index in [4.69, 9.17) is 23.7 Å². The third-order valence-electron chi connectivity index (χ3n) is 6.54. The van der Waals surface area contributed by atoms with Crippen LogP contribution in [-0.4, -0.2) is 54.0 Å². The van der Waals surface area contributed by atoms with Gasteiger partial charge in [0.1, 0.15) is 11.5 Å². The van der Waals surface area contributed by atoms with Gasteiger partial charge in [-0.1, -0.05) is 17.3 Å². The Morgan fingerprint density at radius 2 is 1.86 bits per heavy atom. The van der Waals surface area contributed by atoms with Crippen LogP contribution >= 0.6 is 0 Å². The van der Waals surface area contributed by atoms with Gasteiger partial charge in [0, 0.05) is 17.9 Å². The number of allylic oxidation sites excluding steroid dienone is 1. The number of amides is 2. The Morgan fingerprint density at radius 1 is 1.11 bits per heavy atom. The molecule has 188 valence electrons. The summed E-state index contributed by atoms with van der Waals surface area (Å²) in [6.07, 6.45) is 1.93. The van der Waals surface area contributed by atoms with Crippen LogP contribution in [0.5, 0.6) is 11.5 Å². The van der Waals surface area contributed by atoms with E-state index in [1.54, 1.807) is 12.0 Å². The zero-order chi connectivity index (χ0) is 25.1. The predicted octanol–water partition coefficient (Wildman–Crippen LogP) is 4.82. The number of methoxy groups -OCH3 is 1. The number of rotatable bonds is 8. The maximum atomic E-state index is 13.2. The van der Waals surface area contributed by atoms with Crippen molar-refractivity contribution in [3.05, 3.63) is 65.7 Å². The van der Waals surface area contributed by atoms with Crippen molar-refractivity contribution in [2.24, 2.45) is 0 Å². The summed E-state index contributed by atoms with van der Waals surface area (Å²) in [5.74, 6) is 2.33. The fraction of sp³-hybridized carbons (Fsp3) is 0.370. The van der Waals surface area contributed by atoms with E-state index < -0.39 is 6.04 Å². The van der Waals surface area contributed by atoms with Crippen molar-refractivity contribution in [2.75, 3.05) is 26.9 Å². The topological polar surface area (TPSA) is 99.0 Å². The first kappa shape index (κ1) is 23.9. The fourth-order valence-electron chi connectivity index (χ4n) is 4.63. The lowest BCUT2D eigenvalue weighted by Gasteiger charge is -2.36. The van der Waals surface area contributed by atoms with Crippen LogP contribution in [0, 0.1) is 0 Å². The summed E-state index contributed by atoms with van der Waals surface area (Å²) in [7, 11) is 1.62. The van der Waals surface area contributed by atoms with Gasteiger partial charge in [-0.3, -0.25) is 4.90 Å². The maximum absolute atomic E-state index is 13.2. The Labute approximate surface area is 210 Å². The molecule has 5 rings (SSSR count). The molecule has 0 bridgehead atoms. The molecule has 1 aromatic heterocycles. The Morgan fingerprint density at radius 3 is 2.53 bits per heavy atom. The smallest absolute Gasteiger partial charge is 0.322 e. The number of nitrogens with one attached hydrogen (secondary N) is 1. The van der Waals surface area contributed by atoms with Crippen molar-refractivity contribution in [2.45, 2.75) is 38.8 Å². The molecule has 0 radical (unpaired) electrons. The number of benzene rings is 2. The average Bonchev–Trinajstić information content (AvgIpc) is 3.60. The van der Waals surface area contributed by atoms with Crippen LogP contribution < -0.4 is 14.8 Å². The highest BCUT2D eigenvalue weighted by Crippen LogP contribution is 2.38. The molecule has 0 spiro atoms. The summed E-state index contributed by atoms with van der Waals surface area (Å²) in [5, 5.41) is 7.37. The highest BCUT2D eigenvalue weighted by Gasteiger charge is 2.37. The zero-order valence-corrected chi connectivity index (χ0v) is 20.7. The van der Waals surface area contributed by atoms with E-state index in [9.17, 15) is 4.79 Å². The third kappa shape index (κ3) is 4.79. The number of hydrogen-bond acceptors (Lipinski definition) is 7. The summed E-state index contributed by atoms with van der Waals surface area (Å²) in [4.78, 5) is 19.6. The van der Waals surface area contributed by atoms with Crippen molar-refractivity contribution in [1.29, 1.82) is 0 Å². The second-order valence-electron chi connectivity index (χ2n) is 8.78. The highest BCUT2D eigenvalue weighted by atomic mass is 16.5. The van der Waals surface area contributed by atoms with Gasteiger partial charge in [-0.15, -0.1) is 0 Å². The van der Waals surface area contributed by atoms with E-state index in [2.05, 4.69) is 10.5 Å². The quantitative estimate of drug-likeness (QED) is 0.483. The van der Waals surface area contributed by atoms with E-state index in [0.29, 0.717) is 24.9 Å². The molecule has 1 fully saturated rings. The Balaban J connectivity index is 1.52. The van der Waals surface area contributed by atoms with Crippen LogP contribution in [0.4, 0.5) is 4.79 Å². The fourth-order valence-corrected chi connectivity index (χ4v) is 4.63. The van der Waals surface area contributed by atoms with Gasteiger partial charge in [-0.25, -0.2) is 4.79 Å². The van der Waals surface area contributed by atoms with Crippen LogP contribution in [0.15, 0.2) is 58.8 Å². The van der Waals surface area contributed by atoms with E-state index in [-0.39, 0.29) is 12.1 Å². The third-order valence-corrected chi connectivity index (χ3v) is 6.54. The van der Waals surface area contributed by atoms with E-state index in [0.717, 1.165) is 53.3 Å². The molecule has 2 aromatic carbocycles. The van der Waals surface area contributed by atoms with Crippen molar-refractivity contribution < 1.29 is 23.5 Å². The second kappa shape index (κ2) is 10.4. The van der Waals surface area contributed by atoms with Gasteiger partial charge in [0.15, 0.2) is 0 Å². The standard InChI is InChI=1S/C27H30N4O5/c1-4-34-21-13-9-19(10-14-21)25-29-26(36-30-25)23-17(2)31(16-22-6-5-15-35-22)27(32)28-24(23)18-7-11-20(33-3)12-8-18/h7-14,22,24H,4-6,15-16H2,1-3H3,(H,28,32). The van der Waals surface area contributed by atoms with Crippen LogP contribution in [0.1, 0.15) is 44.2 Å². The molecule has 1 N–H and O–H groups in total. The van der Waals surface area contributed by atoms with E-state index in [1.807, 2.05) is 62.4 Å². The minimum Gasteiger partial charge on any atom is -0.497 e. The Kier molecular flexibility index (Phi) is 6.90. The lowest BCUT2D eigenvalue weighted by Crippen LogP contribution is -2.48. The largest absolute Gasteiger partial charge is 0.497 e. The summed E-state index contributed by atoms with van der Waals surface area (Å²) >= 11 is 0. The van der Waals surface area contributed by atoms with Crippen LogP contribution in [0.2, 0.25) is 0 Å². The minimum absolute atomic E-state index is 0.00610. The highest BCUT2D eigenvalue weighted by molar-refractivity contribution is 5.87. The molecule has 9 heteroatoms. The molecule has 2 unspecified atom stereocenters. The summed E-state index contributed by atoms with van der Waals surface area (Å²) in [6.45, 7) is 5.65. The van der Waals surface area contributed by atoms with E-state index >= 15 is 0 Å². The number of aromatic nitrogens is 2. The first-order valence-corrected chi connectivity index (χ1v) is 12.2.